The van der Waals surface area contributed by atoms with Gasteiger partial charge in [-0.15, -0.1) is 0 Å². The molecule has 0 radical (unpaired) electrons. The largest absolute Gasteiger partial charge is 0.480 e. The summed E-state index contributed by atoms with van der Waals surface area (Å²) >= 11 is 0. The summed E-state index contributed by atoms with van der Waals surface area (Å²) in [5.74, 6) is -1.33. The van der Waals surface area contributed by atoms with Gasteiger partial charge in [-0.25, -0.2) is 9.59 Å². The van der Waals surface area contributed by atoms with Crippen molar-refractivity contribution < 1.29 is 33.0 Å². The third kappa shape index (κ3) is 6.09. The van der Waals surface area contributed by atoms with Crippen LogP contribution in [0.2, 0.25) is 0 Å². The molecule has 0 saturated carbocycles. The minimum atomic E-state index is -4.63. The molecule has 9 heteroatoms. The minimum Gasteiger partial charge on any atom is -0.480 e. The van der Waals surface area contributed by atoms with E-state index in [0.29, 0.717) is 11.3 Å². The van der Waals surface area contributed by atoms with Crippen LogP contribution in [-0.4, -0.2) is 58.5 Å². The molecular weight excluding hydrogens is 281 g/mol. The van der Waals surface area contributed by atoms with Crippen LogP contribution in [0, 0.1) is 0 Å². The number of aliphatic hydroxyl groups excluding tert-OH is 1. The fourth-order valence-electron chi connectivity index (χ4n) is 1.63. The van der Waals surface area contributed by atoms with E-state index in [1.165, 1.54) is 6.92 Å². The number of aliphatic carboxylic acids is 1. The van der Waals surface area contributed by atoms with Gasteiger partial charge in [-0.05, 0) is 13.3 Å². The van der Waals surface area contributed by atoms with Crippen molar-refractivity contribution in [1.82, 2.24) is 10.2 Å². The van der Waals surface area contributed by atoms with Gasteiger partial charge in [-0.3, -0.25) is 0 Å². The van der Waals surface area contributed by atoms with Crippen molar-refractivity contribution in [2.45, 2.75) is 38.4 Å². The fraction of sp³-hybridized carbons (Fsp3) is 0.818. The van der Waals surface area contributed by atoms with E-state index in [-0.39, 0.29) is 6.42 Å². The van der Waals surface area contributed by atoms with Gasteiger partial charge in [0.1, 0.15) is 12.1 Å². The first-order valence-corrected chi connectivity index (χ1v) is 6.04. The van der Waals surface area contributed by atoms with Crippen LogP contribution in [0.1, 0.15) is 26.7 Å². The Labute approximate surface area is 114 Å². The minimum absolute atomic E-state index is 0.0764. The van der Waals surface area contributed by atoms with Crippen LogP contribution < -0.4 is 5.32 Å². The van der Waals surface area contributed by atoms with Crippen molar-refractivity contribution in [2.75, 3.05) is 19.7 Å². The molecule has 0 spiro atoms. The molecule has 0 heterocycles. The van der Waals surface area contributed by atoms with Gasteiger partial charge in [0.05, 0.1) is 6.61 Å². The summed E-state index contributed by atoms with van der Waals surface area (Å²) in [6.07, 6.45) is -4.12. The first kappa shape index (κ1) is 18.5. The molecular formula is C11H19F3N2O4. The highest BCUT2D eigenvalue weighted by Gasteiger charge is 2.38. The Hall–Kier alpha value is -1.51. The number of carboxylic acid groups (broad SMARTS) is 1. The number of carbonyl (C=O) groups excluding carboxylic acids is 1. The van der Waals surface area contributed by atoms with Crippen molar-refractivity contribution in [2.24, 2.45) is 0 Å². The first-order chi connectivity index (χ1) is 9.05. The van der Waals surface area contributed by atoms with Gasteiger partial charge in [0.15, 0.2) is 0 Å². The highest BCUT2D eigenvalue weighted by molar-refractivity contribution is 5.85. The molecule has 3 N–H and O–H groups in total. The van der Waals surface area contributed by atoms with E-state index in [9.17, 15) is 22.8 Å². The lowest BCUT2D eigenvalue weighted by Crippen LogP contribution is -2.57. The van der Waals surface area contributed by atoms with Crippen LogP contribution in [-0.2, 0) is 4.79 Å². The van der Waals surface area contributed by atoms with Crippen molar-refractivity contribution in [3.05, 3.63) is 0 Å². The molecule has 0 aromatic heterocycles. The van der Waals surface area contributed by atoms with Crippen molar-refractivity contribution in [1.29, 1.82) is 0 Å². The van der Waals surface area contributed by atoms with Crippen molar-refractivity contribution in [3.8, 4) is 0 Å². The van der Waals surface area contributed by atoms with Crippen LogP contribution in [0.5, 0.6) is 0 Å². The summed E-state index contributed by atoms with van der Waals surface area (Å²) in [4.78, 5) is 23.2. The zero-order chi connectivity index (χ0) is 16.0. The predicted octanol–water partition coefficient (Wildman–Crippen LogP) is 1.20. The second kappa shape index (κ2) is 7.32. The molecule has 6 nitrogen and oxygen atoms in total. The maximum absolute atomic E-state index is 12.3. The number of urea groups is 1. The Morgan fingerprint density at radius 3 is 2.20 bits per heavy atom. The van der Waals surface area contributed by atoms with Crippen LogP contribution >= 0.6 is 0 Å². The number of rotatable bonds is 7. The lowest BCUT2D eigenvalue weighted by atomic mass is 9.96. The quantitative estimate of drug-likeness (QED) is 0.659. The van der Waals surface area contributed by atoms with Gasteiger partial charge >= 0.3 is 18.2 Å². The van der Waals surface area contributed by atoms with Crippen LogP contribution in [0.4, 0.5) is 18.0 Å². The van der Waals surface area contributed by atoms with E-state index >= 15 is 0 Å². The number of carbonyl (C=O) groups is 2. The average molecular weight is 300 g/mol. The Balaban J connectivity index is 4.93. The molecule has 0 aliphatic rings. The van der Waals surface area contributed by atoms with Gasteiger partial charge in [0.25, 0.3) is 0 Å². The van der Waals surface area contributed by atoms with Gasteiger partial charge in [-0.1, -0.05) is 13.3 Å². The number of hydrogen-bond donors (Lipinski definition) is 3. The van der Waals surface area contributed by atoms with Crippen molar-refractivity contribution in [3.63, 3.8) is 0 Å². The molecule has 1 atom stereocenters. The molecule has 0 saturated heterocycles. The molecule has 20 heavy (non-hydrogen) atoms. The average Bonchev–Trinajstić information content (AvgIpc) is 2.26. The summed E-state index contributed by atoms with van der Waals surface area (Å²) in [7, 11) is 0. The maximum Gasteiger partial charge on any atom is 0.406 e. The number of amides is 2. The number of hydrogen-bond acceptors (Lipinski definition) is 3. The summed E-state index contributed by atoms with van der Waals surface area (Å²) in [5, 5.41) is 19.8. The third-order valence-corrected chi connectivity index (χ3v) is 2.63. The topological polar surface area (TPSA) is 89.9 Å². The zero-order valence-electron chi connectivity index (χ0n) is 11.3. The predicted molar refractivity (Wildman–Crippen MR) is 64.2 cm³/mol. The Morgan fingerprint density at radius 2 is 1.85 bits per heavy atom. The number of aliphatic hydroxyl groups is 1. The maximum atomic E-state index is 12.3. The van der Waals surface area contributed by atoms with Gasteiger partial charge in [-0.2, -0.15) is 13.2 Å². The number of nitrogens with zero attached hydrogens (tertiary/aromatic N) is 1. The van der Waals surface area contributed by atoms with Crippen LogP contribution in [0.3, 0.4) is 0 Å². The van der Waals surface area contributed by atoms with E-state index in [1.54, 1.807) is 6.92 Å². The number of carboxylic acids is 1. The lowest BCUT2D eigenvalue weighted by molar-refractivity contribution is -0.145. The number of nitrogens with one attached hydrogen (secondary N) is 1. The molecule has 0 aliphatic carbocycles. The third-order valence-electron chi connectivity index (χ3n) is 2.63. The SMILES string of the molecule is CCCC(C)(NC(=O)N(CCO)CC(F)(F)F)C(=O)O. The van der Waals surface area contributed by atoms with Crippen LogP contribution in [0.25, 0.3) is 0 Å². The van der Waals surface area contributed by atoms with Gasteiger partial charge < -0.3 is 20.4 Å². The Morgan fingerprint density at radius 1 is 1.30 bits per heavy atom. The van der Waals surface area contributed by atoms with E-state index < -0.39 is 43.4 Å². The van der Waals surface area contributed by atoms with E-state index in [4.69, 9.17) is 10.2 Å². The van der Waals surface area contributed by atoms with E-state index in [2.05, 4.69) is 5.32 Å². The highest BCUT2D eigenvalue weighted by Crippen LogP contribution is 2.18. The molecule has 0 aromatic rings. The smallest absolute Gasteiger partial charge is 0.406 e. The molecule has 0 aromatic carbocycles. The molecule has 118 valence electrons. The monoisotopic (exact) mass is 300 g/mol. The Bertz CT molecular complexity index is 349. The second-order valence-corrected chi connectivity index (χ2v) is 4.58. The highest BCUT2D eigenvalue weighted by atomic mass is 19.4. The molecule has 0 fully saturated rings. The zero-order valence-corrected chi connectivity index (χ0v) is 11.3. The number of alkyl halides is 3. The second-order valence-electron chi connectivity index (χ2n) is 4.58. The summed E-state index contributed by atoms with van der Waals surface area (Å²) in [6.45, 7) is 0.172. The first-order valence-electron chi connectivity index (χ1n) is 6.04. The Kier molecular flexibility index (Phi) is 6.77. The number of halogens is 3. The molecule has 0 rings (SSSR count). The fourth-order valence-corrected chi connectivity index (χ4v) is 1.63. The molecule has 2 amide bonds. The molecule has 0 aliphatic heterocycles. The summed E-state index contributed by atoms with van der Waals surface area (Å²) in [6, 6.07) is -1.17. The lowest BCUT2D eigenvalue weighted by Gasteiger charge is -2.30. The van der Waals surface area contributed by atoms with Crippen molar-refractivity contribution >= 4 is 12.0 Å². The molecule has 0 bridgehead atoms. The van der Waals surface area contributed by atoms with E-state index in [0.717, 1.165) is 0 Å². The molecule has 1 unspecified atom stereocenters. The van der Waals surface area contributed by atoms with Gasteiger partial charge in [0.2, 0.25) is 0 Å². The standard InChI is InChI=1S/C11H19F3N2O4/c1-3-4-10(2,8(18)19)15-9(20)16(5-6-17)7-11(12,13)14/h17H,3-7H2,1-2H3,(H,15,20)(H,18,19). The van der Waals surface area contributed by atoms with Crippen LogP contribution in [0.15, 0.2) is 0 Å². The summed E-state index contributed by atoms with van der Waals surface area (Å²) < 4.78 is 36.9. The van der Waals surface area contributed by atoms with E-state index in [1.807, 2.05) is 0 Å². The van der Waals surface area contributed by atoms with Gasteiger partial charge in [0, 0.05) is 6.54 Å². The normalized spacial score (nSPS) is 14.5. The summed E-state index contributed by atoms with van der Waals surface area (Å²) in [5.41, 5.74) is -1.65.